The van der Waals surface area contributed by atoms with Crippen LogP contribution < -0.4 is 0 Å². The van der Waals surface area contributed by atoms with Gasteiger partial charge in [0.05, 0.1) is 17.7 Å². The van der Waals surface area contributed by atoms with Gasteiger partial charge in [-0.2, -0.15) is 5.26 Å². The number of carbonyl (C=O) groups is 1. The standard InChI is InChI=1S/C8H11NO3/c1-5(4-9)12-7(3)6(2)8(10)11/h5,7H,2H2,1,3H3,(H,10,11). The Bertz CT molecular complexity index is 229. The lowest BCUT2D eigenvalue weighted by atomic mass is 10.2. The fourth-order valence-electron chi connectivity index (χ4n) is 0.593. The van der Waals surface area contributed by atoms with Gasteiger partial charge in [0.15, 0.2) is 0 Å². The van der Waals surface area contributed by atoms with Crippen molar-refractivity contribution < 1.29 is 14.6 Å². The minimum atomic E-state index is -1.10. The van der Waals surface area contributed by atoms with Crippen molar-refractivity contribution in [1.29, 1.82) is 5.26 Å². The molecule has 66 valence electrons. The number of nitrogens with zero attached hydrogens (tertiary/aromatic N) is 1. The van der Waals surface area contributed by atoms with E-state index in [2.05, 4.69) is 6.58 Å². The second-order valence-electron chi connectivity index (χ2n) is 2.38. The summed E-state index contributed by atoms with van der Waals surface area (Å²) < 4.78 is 4.98. The number of rotatable bonds is 4. The Morgan fingerprint density at radius 2 is 2.17 bits per heavy atom. The molecule has 0 aromatic heterocycles. The van der Waals surface area contributed by atoms with Crippen LogP contribution >= 0.6 is 0 Å². The van der Waals surface area contributed by atoms with Crippen molar-refractivity contribution in [2.45, 2.75) is 26.1 Å². The van der Waals surface area contributed by atoms with Crippen LogP contribution in [0.1, 0.15) is 13.8 Å². The van der Waals surface area contributed by atoms with Crippen LogP contribution in [0.25, 0.3) is 0 Å². The lowest BCUT2D eigenvalue weighted by molar-refractivity contribution is -0.134. The number of carboxylic acids is 1. The van der Waals surface area contributed by atoms with Gasteiger partial charge in [0.1, 0.15) is 6.10 Å². The lowest BCUT2D eigenvalue weighted by Gasteiger charge is -2.13. The van der Waals surface area contributed by atoms with Crippen LogP contribution in [0.3, 0.4) is 0 Å². The van der Waals surface area contributed by atoms with E-state index in [0.717, 1.165) is 0 Å². The second-order valence-corrected chi connectivity index (χ2v) is 2.38. The average molecular weight is 169 g/mol. The molecule has 2 atom stereocenters. The van der Waals surface area contributed by atoms with E-state index in [1.165, 1.54) is 0 Å². The van der Waals surface area contributed by atoms with Gasteiger partial charge in [0.2, 0.25) is 0 Å². The molecule has 0 aliphatic rings. The highest BCUT2D eigenvalue weighted by molar-refractivity contribution is 5.86. The number of aliphatic carboxylic acids is 1. The molecule has 0 bridgehead atoms. The Kier molecular flexibility index (Phi) is 4.02. The molecule has 0 heterocycles. The first kappa shape index (κ1) is 10.7. The van der Waals surface area contributed by atoms with Gasteiger partial charge in [-0.1, -0.05) is 6.58 Å². The van der Waals surface area contributed by atoms with Crippen LogP contribution in [0.2, 0.25) is 0 Å². The average Bonchev–Trinajstić information content (AvgIpc) is 2.02. The van der Waals surface area contributed by atoms with Crippen LogP contribution in [-0.4, -0.2) is 23.3 Å². The largest absolute Gasteiger partial charge is 0.478 e. The second kappa shape index (κ2) is 4.52. The summed E-state index contributed by atoms with van der Waals surface area (Å²) in [5, 5.41) is 16.8. The van der Waals surface area contributed by atoms with Crippen LogP contribution in [-0.2, 0) is 9.53 Å². The monoisotopic (exact) mass is 169 g/mol. The van der Waals surface area contributed by atoms with E-state index in [4.69, 9.17) is 15.1 Å². The summed E-state index contributed by atoms with van der Waals surface area (Å²) in [7, 11) is 0. The van der Waals surface area contributed by atoms with Gasteiger partial charge < -0.3 is 9.84 Å². The van der Waals surface area contributed by atoms with Gasteiger partial charge in [-0.25, -0.2) is 4.79 Å². The van der Waals surface area contributed by atoms with E-state index in [0.29, 0.717) is 0 Å². The molecule has 0 amide bonds. The highest BCUT2D eigenvalue weighted by Gasteiger charge is 2.16. The topological polar surface area (TPSA) is 70.3 Å². The predicted octanol–water partition coefficient (Wildman–Crippen LogP) is 0.944. The van der Waals surface area contributed by atoms with Crippen LogP contribution in [0, 0.1) is 11.3 Å². The molecular formula is C8H11NO3. The first-order chi connectivity index (χ1) is 5.49. The molecule has 0 fully saturated rings. The Balaban J connectivity index is 4.06. The quantitative estimate of drug-likeness (QED) is 0.636. The summed E-state index contributed by atoms with van der Waals surface area (Å²) in [5.41, 5.74) is -0.0444. The Labute approximate surface area is 71.1 Å². The number of ether oxygens (including phenoxy) is 1. The Morgan fingerprint density at radius 1 is 1.67 bits per heavy atom. The van der Waals surface area contributed by atoms with E-state index in [-0.39, 0.29) is 5.57 Å². The molecule has 0 aliphatic carbocycles. The number of carboxylic acid groups (broad SMARTS) is 1. The van der Waals surface area contributed by atoms with Gasteiger partial charge >= 0.3 is 5.97 Å². The maximum Gasteiger partial charge on any atom is 0.333 e. The lowest BCUT2D eigenvalue weighted by Crippen LogP contribution is -2.21. The van der Waals surface area contributed by atoms with Crippen molar-refractivity contribution >= 4 is 5.97 Å². The van der Waals surface area contributed by atoms with Crippen LogP contribution in [0.15, 0.2) is 12.2 Å². The fraction of sp³-hybridized carbons (Fsp3) is 0.500. The fourth-order valence-corrected chi connectivity index (χ4v) is 0.593. The summed E-state index contributed by atoms with van der Waals surface area (Å²) in [5.74, 6) is -1.10. The Morgan fingerprint density at radius 3 is 2.50 bits per heavy atom. The van der Waals surface area contributed by atoms with E-state index < -0.39 is 18.2 Å². The van der Waals surface area contributed by atoms with Crippen molar-refractivity contribution in [2.75, 3.05) is 0 Å². The molecule has 0 aliphatic heterocycles. The normalized spacial score (nSPS) is 14.4. The molecule has 0 aromatic rings. The number of nitriles is 1. The summed E-state index contributed by atoms with van der Waals surface area (Å²) in [6.45, 7) is 6.40. The third-order valence-corrected chi connectivity index (χ3v) is 1.36. The minimum absolute atomic E-state index is 0.0444. The maximum atomic E-state index is 10.3. The van der Waals surface area contributed by atoms with Crippen molar-refractivity contribution in [3.63, 3.8) is 0 Å². The smallest absolute Gasteiger partial charge is 0.333 e. The van der Waals surface area contributed by atoms with E-state index in [9.17, 15) is 4.79 Å². The van der Waals surface area contributed by atoms with Crippen molar-refractivity contribution in [3.05, 3.63) is 12.2 Å². The molecule has 0 spiro atoms. The van der Waals surface area contributed by atoms with Crippen LogP contribution in [0.4, 0.5) is 0 Å². The van der Waals surface area contributed by atoms with Crippen molar-refractivity contribution in [3.8, 4) is 6.07 Å². The van der Waals surface area contributed by atoms with E-state index >= 15 is 0 Å². The van der Waals surface area contributed by atoms with Gasteiger partial charge in [0, 0.05) is 0 Å². The van der Waals surface area contributed by atoms with Gasteiger partial charge in [-0.05, 0) is 13.8 Å². The molecule has 2 unspecified atom stereocenters. The molecule has 12 heavy (non-hydrogen) atoms. The summed E-state index contributed by atoms with van der Waals surface area (Å²) >= 11 is 0. The van der Waals surface area contributed by atoms with Gasteiger partial charge in [-0.3, -0.25) is 0 Å². The SMILES string of the molecule is C=C(C(=O)O)C(C)OC(C)C#N. The molecular weight excluding hydrogens is 158 g/mol. The molecule has 0 saturated carbocycles. The molecule has 1 N–H and O–H groups in total. The maximum absolute atomic E-state index is 10.3. The molecule has 4 nitrogen and oxygen atoms in total. The summed E-state index contributed by atoms with van der Waals surface area (Å²) in [6.07, 6.45) is -1.24. The van der Waals surface area contributed by atoms with Crippen molar-refractivity contribution in [1.82, 2.24) is 0 Å². The van der Waals surface area contributed by atoms with Gasteiger partial charge in [-0.15, -0.1) is 0 Å². The first-order valence-electron chi connectivity index (χ1n) is 3.46. The van der Waals surface area contributed by atoms with E-state index in [1.54, 1.807) is 13.8 Å². The third-order valence-electron chi connectivity index (χ3n) is 1.36. The van der Waals surface area contributed by atoms with Crippen molar-refractivity contribution in [2.24, 2.45) is 0 Å². The third kappa shape index (κ3) is 3.17. The van der Waals surface area contributed by atoms with E-state index in [1.807, 2.05) is 6.07 Å². The van der Waals surface area contributed by atoms with Gasteiger partial charge in [0.25, 0.3) is 0 Å². The molecule has 0 aromatic carbocycles. The molecule has 0 rings (SSSR count). The zero-order valence-corrected chi connectivity index (χ0v) is 7.07. The molecule has 0 saturated heterocycles. The summed E-state index contributed by atoms with van der Waals surface area (Å²) in [4.78, 5) is 10.3. The minimum Gasteiger partial charge on any atom is -0.478 e. The molecule has 4 heteroatoms. The highest BCUT2D eigenvalue weighted by Crippen LogP contribution is 2.06. The van der Waals surface area contributed by atoms with Crippen LogP contribution in [0.5, 0.6) is 0 Å². The summed E-state index contributed by atoms with van der Waals surface area (Å²) in [6, 6.07) is 1.83. The predicted molar refractivity (Wildman–Crippen MR) is 42.4 cm³/mol. The first-order valence-corrected chi connectivity index (χ1v) is 3.46. The Hall–Kier alpha value is -1.34. The zero-order valence-electron chi connectivity index (χ0n) is 7.07. The zero-order chi connectivity index (χ0) is 9.72. The highest BCUT2D eigenvalue weighted by atomic mass is 16.5. The number of hydrogen-bond donors (Lipinski definition) is 1. The number of hydrogen-bond acceptors (Lipinski definition) is 3. The molecule has 0 radical (unpaired) electrons.